The fraction of sp³-hybridized carbons (Fsp3) is 0.222. The van der Waals surface area contributed by atoms with Crippen LogP contribution in [-0.2, 0) is 24.3 Å². The largest absolute Gasteiger partial charge is 0.439 e. The van der Waals surface area contributed by atoms with Gasteiger partial charge in [-0.3, -0.25) is 9.69 Å². The van der Waals surface area contributed by atoms with Gasteiger partial charge >= 0.3 is 0 Å². The van der Waals surface area contributed by atoms with Crippen LogP contribution in [-0.4, -0.2) is 21.8 Å². The van der Waals surface area contributed by atoms with Crippen LogP contribution in [0.4, 0.5) is 0 Å². The van der Waals surface area contributed by atoms with E-state index < -0.39 is 0 Å². The topological polar surface area (TPSA) is 72.4 Å². The molecule has 0 fully saturated rings. The van der Waals surface area contributed by atoms with Gasteiger partial charge in [0.1, 0.15) is 5.52 Å². The second-order valence-electron chi connectivity index (χ2n) is 5.87. The Bertz CT molecular complexity index is 838. The summed E-state index contributed by atoms with van der Waals surface area (Å²) in [7, 11) is 0. The first-order chi connectivity index (χ1) is 11.2. The molecule has 0 unspecified atom stereocenters. The lowest BCUT2D eigenvalue weighted by atomic mass is 9.93. The summed E-state index contributed by atoms with van der Waals surface area (Å²) in [5.74, 6) is 0.299. The summed E-state index contributed by atoms with van der Waals surface area (Å²) in [6.45, 7) is 1.14. The van der Waals surface area contributed by atoms with E-state index in [4.69, 9.17) is 10.2 Å². The molecule has 23 heavy (non-hydrogen) atoms. The van der Waals surface area contributed by atoms with Crippen molar-refractivity contribution in [1.82, 2.24) is 9.88 Å². The Kier molecular flexibility index (Phi) is 3.35. The molecule has 3 aromatic rings. The molecule has 0 spiro atoms. The van der Waals surface area contributed by atoms with Gasteiger partial charge in [0, 0.05) is 6.54 Å². The van der Waals surface area contributed by atoms with Gasteiger partial charge < -0.3 is 10.2 Å². The van der Waals surface area contributed by atoms with Crippen LogP contribution in [0, 0.1) is 0 Å². The lowest BCUT2D eigenvalue weighted by molar-refractivity contribution is -0.124. The van der Waals surface area contributed by atoms with Gasteiger partial charge in [-0.1, -0.05) is 36.4 Å². The average Bonchev–Trinajstić information content (AvgIpc) is 2.96. The molecule has 1 amide bonds. The maximum absolute atomic E-state index is 11.9. The Morgan fingerprint density at radius 3 is 2.70 bits per heavy atom. The number of carbonyl (C=O) groups excluding carboxylic acids is 1. The molecule has 2 aromatic carbocycles. The van der Waals surface area contributed by atoms with Crippen LogP contribution in [0.3, 0.4) is 0 Å². The number of primary amides is 1. The predicted molar refractivity (Wildman–Crippen MR) is 86.4 cm³/mol. The van der Waals surface area contributed by atoms with Crippen molar-refractivity contribution in [3.63, 3.8) is 0 Å². The molecular formula is C18H17N3O2. The van der Waals surface area contributed by atoms with E-state index in [0.29, 0.717) is 25.4 Å². The minimum Gasteiger partial charge on any atom is -0.439 e. The normalized spacial score (nSPS) is 18.0. The first-order valence-electron chi connectivity index (χ1n) is 7.65. The zero-order valence-electron chi connectivity index (χ0n) is 12.6. The number of para-hydroxylation sites is 2. The highest BCUT2D eigenvalue weighted by Crippen LogP contribution is 2.25. The highest BCUT2D eigenvalue weighted by atomic mass is 16.3. The third-order valence-corrected chi connectivity index (χ3v) is 4.35. The van der Waals surface area contributed by atoms with E-state index in [9.17, 15) is 4.79 Å². The Balaban J connectivity index is 1.64. The number of nitrogens with zero attached hydrogens (tertiary/aromatic N) is 2. The van der Waals surface area contributed by atoms with E-state index in [1.807, 2.05) is 41.3 Å². The van der Waals surface area contributed by atoms with E-state index in [1.54, 1.807) is 0 Å². The van der Waals surface area contributed by atoms with Gasteiger partial charge in [-0.2, -0.15) is 0 Å². The summed E-state index contributed by atoms with van der Waals surface area (Å²) in [5, 5.41) is 0. The molecule has 5 nitrogen and oxygen atoms in total. The Morgan fingerprint density at radius 2 is 1.91 bits per heavy atom. The van der Waals surface area contributed by atoms with Crippen molar-refractivity contribution >= 4 is 17.0 Å². The molecule has 0 aliphatic carbocycles. The van der Waals surface area contributed by atoms with E-state index >= 15 is 0 Å². The third-order valence-electron chi connectivity index (χ3n) is 4.35. The van der Waals surface area contributed by atoms with Gasteiger partial charge in [0.2, 0.25) is 11.8 Å². The third kappa shape index (κ3) is 2.59. The van der Waals surface area contributed by atoms with Gasteiger partial charge in [0.25, 0.3) is 0 Å². The second kappa shape index (κ2) is 5.52. The maximum Gasteiger partial charge on any atom is 0.235 e. The van der Waals surface area contributed by atoms with Gasteiger partial charge in [0.05, 0.1) is 12.6 Å². The van der Waals surface area contributed by atoms with Crippen LogP contribution in [0.1, 0.15) is 17.0 Å². The van der Waals surface area contributed by atoms with Crippen LogP contribution in [0.15, 0.2) is 52.9 Å². The molecule has 0 bridgehead atoms. The highest BCUT2D eigenvalue weighted by molar-refractivity contribution is 5.80. The van der Waals surface area contributed by atoms with Crippen LogP contribution in [0.2, 0.25) is 0 Å². The minimum absolute atomic E-state index is 0.310. The molecule has 4 rings (SSSR count). The number of oxazole rings is 1. The van der Waals surface area contributed by atoms with Crippen LogP contribution < -0.4 is 5.73 Å². The zero-order chi connectivity index (χ0) is 15.8. The molecule has 2 N–H and O–H groups in total. The fourth-order valence-corrected chi connectivity index (χ4v) is 3.19. The van der Waals surface area contributed by atoms with E-state index in [-0.39, 0.29) is 11.9 Å². The Labute approximate surface area is 133 Å². The molecule has 1 aliphatic rings. The van der Waals surface area contributed by atoms with Crippen molar-refractivity contribution in [1.29, 1.82) is 0 Å². The highest BCUT2D eigenvalue weighted by Gasteiger charge is 2.30. The molecule has 116 valence electrons. The maximum atomic E-state index is 11.9. The number of amides is 1. The first kappa shape index (κ1) is 14.0. The summed E-state index contributed by atoms with van der Waals surface area (Å²) < 4.78 is 5.78. The molecule has 0 saturated heterocycles. The number of hydrogen-bond acceptors (Lipinski definition) is 4. The second-order valence-corrected chi connectivity index (χ2v) is 5.87. The monoisotopic (exact) mass is 307 g/mol. The number of rotatable bonds is 3. The number of aromatic nitrogens is 1. The molecule has 0 saturated carbocycles. The number of carbonyl (C=O) groups is 1. The first-order valence-corrected chi connectivity index (χ1v) is 7.65. The van der Waals surface area contributed by atoms with Crippen LogP contribution in [0.25, 0.3) is 11.1 Å². The number of nitrogens with two attached hydrogens (primary N) is 1. The number of benzene rings is 2. The summed E-state index contributed by atoms with van der Waals surface area (Å²) >= 11 is 0. The van der Waals surface area contributed by atoms with Crippen molar-refractivity contribution in [3.8, 4) is 0 Å². The van der Waals surface area contributed by atoms with Crippen LogP contribution in [0.5, 0.6) is 0 Å². The summed E-state index contributed by atoms with van der Waals surface area (Å²) in [5.41, 5.74) is 9.61. The van der Waals surface area contributed by atoms with Gasteiger partial charge in [-0.05, 0) is 29.7 Å². The predicted octanol–water partition coefficient (Wildman–Crippen LogP) is 2.24. The summed E-state index contributed by atoms with van der Waals surface area (Å²) in [4.78, 5) is 18.4. The zero-order valence-corrected chi connectivity index (χ0v) is 12.6. The molecule has 2 heterocycles. The minimum atomic E-state index is -0.333. The van der Waals surface area contributed by atoms with Gasteiger partial charge in [0.15, 0.2) is 5.58 Å². The summed E-state index contributed by atoms with van der Waals surface area (Å²) in [6, 6.07) is 15.5. The molecule has 1 aliphatic heterocycles. The van der Waals surface area contributed by atoms with Crippen molar-refractivity contribution in [3.05, 3.63) is 65.5 Å². The van der Waals surface area contributed by atoms with Crippen molar-refractivity contribution in [2.45, 2.75) is 25.6 Å². The number of fused-ring (bicyclic) bond motifs is 2. The molecule has 1 aromatic heterocycles. The van der Waals surface area contributed by atoms with Crippen molar-refractivity contribution in [2.24, 2.45) is 5.73 Å². The molecular weight excluding hydrogens is 290 g/mol. The SMILES string of the molecule is NC(=O)[C@H]1Cc2ccccc2CN1Cc1nc2ccccc2o1. The Morgan fingerprint density at radius 1 is 1.17 bits per heavy atom. The molecule has 5 heteroatoms. The molecule has 1 atom stereocenters. The molecule has 0 radical (unpaired) electrons. The van der Waals surface area contributed by atoms with E-state index in [2.05, 4.69) is 17.1 Å². The fourth-order valence-electron chi connectivity index (χ4n) is 3.19. The quantitative estimate of drug-likeness (QED) is 0.805. The van der Waals surface area contributed by atoms with E-state index in [0.717, 1.165) is 11.1 Å². The average molecular weight is 307 g/mol. The van der Waals surface area contributed by atoms with Crippen molar-refractivity contribution < 1.29 is 9.21 Å². The van der Waals surface area contributed by atoms with Gasteiger partial charge in [-0.25, -0.2) is 4.98 Å². The van der Waals surface area contributed by atoms with Gasteiger partial charge in [-0.15, -0.1) is 0 Å². The van der Waals surface area contributed by atoms with E-state index in [1.165, 1.54) is 11.1 Å². The van der Waals surface area contributed by atoms with Crippen LogP contribution >= 0.6 is 0 Å². The smallest absolute Gasteiger partial charge is 0.235 e. The lowest BCUT2D eigenvalue weighted by Gasteiger charge is -2.34. The lowest BCUT2D eigenvalue weighted by Crippen LogP contribution is -2.48. The van der Waals surface area contributed by atoms with Crippen molar-refractivity contribution in [2.75, 3.05) is 0 Å². The summed E-state index contributed by atoms with van der Waals surface area (Å²) in [6.07, 6.45) is 0.631. The number of hydrogen-bond donors (Lipinski definition) is 1. The standard InChI is InChI=1S/C18H17N3O2/c19-18(22)15-9-12-5-1-2-6-13(12)10-21(15)11-17-20-14-7-3-4-8-16(14)23-17/h1-8,15H,9-11H2,(H2,19,22)/t15-/m1/s1. The Hall–Kier alpha value is -2.66.